The summed E-state index contributed by atoms with van der Waals surface area (Å²) in [5.74, 6) is 0.294. The molecule has 27 heavy (non-hydrogen) atoms. The van der Waals surface area contributed by atoms with E-state index in [9.17, 15) is 5.11 Å². The number of halogens is 2. The van der Waals surface area contributed by atoms with Crippen molar-refractivity contribution in [3.63, 3.8) is 0 Å². The second-order valence-corrected chi connectivity index (χ2v) is 7.11. The summed E-state index contributed by atoms with van der Waals surface area (Å²) in [4.78, 5) is 11.4. The van der Waals surface area contributed by atoms with Gasteiger partial charge in [0.2, 0.25) is 0 Å². The molecule has 0 amide bonds. The maximum atomic E-state index is 9.44. The van der Waals surface area contributed by atoms with E-state index in [0.29, 0.717) is 5.75 Å². The van der Waals surface area contributed by atoms with E-state index in [1.54, 1.807) is 29.7 Å². The molecule has 0 saturated heterocycles. The zero-order valence-electron chi connectivity index (χ0n) is 14.5. The van der Waals surface area contributed by atoms with Crippen LogP contribution in [0, 0.1) is 0 Å². The van der Waals surface area contributed by atoms with Crippen molar-refractivity contribution in [1.82, 2.24) is 4.98 Å². The van der Waals surface area contributed by atoms with Crippen LogP contribution in [0.1, 0.15) is 23.3 Å². The van der Waals surface area contributed by atoms with Crippen LogP contribution in [0.4, 0.5) is 0 Å². The molecule has 0 bridgehead atoms. The van der Waals surface area contributed by atoms with Gasteiger partial charge in [-0.2, -0.15) is 0 Å². The van der Waals surface area contributed by atoms with E-state index in [-0.39, 0.29) is 34.0 Å². The van der Waals surface area contributed by atoms with E-state index < -0.39 is 0 Å². The van der Waals surface area contributed by atoms with Gasteiger partial charge in [-0.25, -0.2) is 0 Å². The van der Waals surface area contributed by atoms with Crippen LogP contribution in [0.25, 0.3) is 16.5 Å². The minimum atomic E-state index is 0. The molecular weight excluding hydrogens is 488 g/mol. The lowest BCUT2D eigenvalue weighted by Crippen LogP contribution is -2.11. The first-order valence-electron chi connectivity index (χ1n) is 8.35. The SMILES string of the molecule is Br.Br.Oc1ccc(-c2ccc(/C=C3\CCCN=C3c3cccnc3)s2)cc1. The third-order valence-corrected chi connectivity index (χ3v) is 5.29. The summed E-state index contributed by atoms with van der Waals surface area (Å²) in [7, 11) is 0. The van der Waals surface area contributed by atoms with Crippen molar-refractivity contribution in [2.24, 2.45) is 4.99 Å². The summed E-state index contributed by atoms with van der Waals surface area (Å²) in [6.07, 6.45) is 8.05. The molecule has 2 aromatic heterocycles. The van der Waals surface area contributed by atoms with E-state index in [0.717, 1.165) is 36.2 Å². The first-order chi connectivity index (χ1) is 12.3. The van der Waals surface area contributed by atoms with Gasteiger partial charge < -0.3 is 5.11 Å². The van der Waals surface area contributed by atoms with Crippen molar-refractivity contribution in [2.75, 3.05) is 6.54 Å². The Morgan fingerprint density at radius 1 is 0.963 bits per heavy atom. The maximum absolute atomic E-state index is 9.44. The van der Waals surface area contributed by atoms with Crippen molar-refractivity contribution in [2.45, 2.75) is 12.8 Å². The lowest BCUT2D eigenvalue weighted by atomic mass is 9.96. The van der Waals surface area contributed by atoms with E-state index in [1.807, 2.05) is 24.4 Å². The third-order valence-electron chi connectivity index (χ3n) is 4.21. The summed E-state index contributed by atoms with van der Waals surface area (Å²) in [6.45, 7) is 0.880. The number of thiophene rings is 1. The summed E-state index contributed by atoms with van der Waals surface area (Å²) in [5, 5.41) is 9.44. The van der Waals surface area contributed by atoms with Gasteiger partial charge in [-0.1, -0.05) is 0 Å². The Balaban J connectivity index is 0.00000131. The Hall–Kier alpha value is -1.76. The van der Waals surface area contributed by atoms with Crippen LogP contribution in [0.2, 0.25) is 0 Å². The Labute approximate surface area is 184 Å². The fourth-order valence-corrected chi connectivity index (χ4v) is 3.96. The first kappa shape index (κ1) is 21.5. The van der Waals surface area contributed by atoms with Crippen LogP contribution in [0.5, 0.6) is 5.75 Å². The van der Waals surface area contributed by atoms with E-state index in [1.165, 1.54) is 15.3 Å². The highest BCUT2D eigenvalue weighted by molar-refractivity contribution is 8.93. The number of phenolic OH excluding ortho intramolecular Hbond substituents is 1. The fraction of sp³-hybridized carbons (Fsp3) is 0.143. The molecule has 3 aromatic rings. The Kier molecular flexibility index (Phi) is 7.95. The minimum absolute atomic E-state index is 0. The zero-order valence-corrected chi connectivity index (χ0v) is 18.8. The summed E-state index contributed by atoms with van der Waals surface area (Å²) < 4.78 is 0. The number of phenols is 1. The molecule has 4 rings (SSSR count). The van der Waals surface area contributed by atoms with Crippen LogP contribution in [-0.4, -0.2) is 22.3 Å². The molecule has 1 aromatic carbocycles. The van der Waals surface area contributed by atoms with Crippen LogP contribution < -0.4 is 0 Å². The number of rotatable bonds is 3. The number of pyridine rings is 1. The zero-order chi connectivity index (χ0) is 17.1. The minimum Gasteiger partial charge on any atom is -0.508 e. The van der Waals surface area contributed by atoms with Gasteiger partial charge in [0.15, 0.2) is 0 Å². The third kappa shape index (κ3) is 5.15. The molecule has 6 heteroatoms. The molecule has 1 N–H and O–H groups in total. The predicted octanol–water partition coefficient (Wildman–Crippen LogP) is 6.34. The van der Waals surface area contributed by atoms with Crippen molar-refractivity contribution in [3.8, 4) is 16.2 Å². The molecule has 1 aliphatic heterocycles. The first-order valence-corrected chi connectivity index (χ1v) is 9.16. The Morgan fingerprint density at radius 2 is 1.78 bits per heavy atom. The Bertz CT molecular complexity index is 934. The lowest BCUT2D eigenvalue weighted by Gasteiger charge is -2.15. The molecule has 140 valence electrons. The number of hydrogen-bond donors (Lipinski definition) is 1. The molecular formula is C21H20Br2N2OS. The monoisotopic (exact) mass is 506 g/mol. The summed E-state index contributed by atoms with van der Waals surface area (Å²) in [6, 6.07) is 15.6. The average Bonchev–Trinajstić information content (AvgIpc) is 3.12. The second-order valence-electron chi connectivity index (χ2n) is 5.99. The van der Waals surface area contributed by atoms with Gasteiger partial charge in [0.05, 0.1) is 5.71 Å². The molecule has 0 aliphatic carbocycles. The average molecular weight is 508 g/mol. The van der Waals surface area contributed by atoms with Crippen LogP contribution in [0.15, 0.2) is 71.5 Å². The topological polar surface area (TPSA) is 45.5 Å². The van der Waals surface area contributed by atoms with Crippen LogP contribution in [0.3, 0.4) is 0 Å². The van der Waals surface area contributed by atoms with Gasteiger partial charge in [-0.3, -0.25) is 9.98 Å². The van der Waals surface area contributed by atoms with Crippen LogP contribution in [-0.2, 0) is 0 Å². The molecule has 0 saturated carbocycles. The smallest absolute Gasteiger partial charge is 0.115 e. The van der Waals surface area contributed by atoms with Gasteiger partial charge >= 0.3 is 0 Å². The van der Waals surface area contributed by atoms with E-state index in [2.05, 4.69) is 29.3 Å². The normalized spacial score (nSPS) is 14.8. The summed E-state index contributed by atoms with van der Waals surface area (Å²) in [5.41, 5.74) is 4.55. The number of hydrogen-bond acceptors (Lipinski definition) is 4. The van der Waals surface area contributed by atoms with Gasteiger partial charge in [-0.15, -0.1) is 45.3 Å². The number of nitrogens with zero attached hydrogens (tertiary/aromatic N) is 2. The predicted molar refractivity (Wildman–Crippen MR) is 125 cm³/mol. The molecule has 0 radical (unpaired) electrons. The van der Waals surface area contributed by atoms with Gasteiger partial charge in [0, 0.05) is 34.3 Å². The van der Waals surface area contributed by atoms with Crippen molar-refractivity contribution >= 4 is 57.1 Å². The molecule has 0 fully saturated rings. The largest absolute Gasteiger partial charge is 0.508 e. The highest BCUT2D eigenvalue weighted by Crippen LogP contribution is 2.31. The number of aromatic nitrogens is 1. The van der Waals surface area contributed by atoms with Crippen molar-refractivity contribution in [1.29, 1.82) is 0 Å². The summed E-state index contributed by atoms with van der Waals surface area (Å²) >= 11 is 1.75. The fourth-order valence-electron chi connectivity index (χ4n) is 2.98. The quantitative estimate of drug-likeness (QED) is 0.449. The lowest BCUT2D eigenvalue weighted by molar-refractivity contribution is 0.475. The van der Waals surface area contributed by atoms with Gasteiger partial charge in [-0.05, 0) is 78.6 Å². The molecule has 3 nitrogen and oxygen atoms in total. The molecule has 0 atom stereocenters. The number of aromatic hydroxyl groups is 1. The van der Waals surface area contributed by atoms with Crippen molar-refractivity contribution < 1.29 is 5.11 Å². The standard InChI is InChI=1S/C21H18N2OS.2BrH/c24-18-7-5-15(6-8-18)20-10-9-19(25-20)13-16-3-2-12-23-21(16)17-4-1-11-22-14-17;;/h1,4-11,13-14,24H,2-3,12H2;2*1H/b16-13+;;. The highest BCUT2D eigenvalue weighted by Gasteiger charge is 2.14. The van der Waals surface area contributed by atoms with Crippen molar-refractivity contribution in [3.05, 3.63) is 76.9 Å². The van der Waals surface area contributed by atoms with E-state index in [4.69, 9.17) is 4.99 Å². The molecule has 0 spiro atoms. The Morgan fingerprint density at radius 3 is 2.52 bits per heavy atom. The molecule has 1 aliphatic rings. The second kappa shape index (κ2) is 9.97. The molecule has 0 unspecified atom stereocenters. The number of allylic oxidation sites excluding steroid dienone is 1. The van der Waals surface area contributed by atoms with Gasteiger partial charge in [0.1, 0.15) is 5.75 Å². The van der Waals surface area contributed by atoms with Crippen LogP contribution >= 0.6 is 45.3 Å². The van der Waals surface area contributed by atoms with Gasteiger partial charge in [0.25, 0.3) is 0 Å². The van der Waals surface area contributed by atoms with E-state index >= 15 is 0 Å². The number of benzene rings is 1. The maximum Gasteiger partial charge on any atom is 0.115 e. The highest BCUT2D eigenvalue weighted by atomic mass is 79.9. The number of aliphatic imine (C=N–C) groups is 1. The molecule has 3 heterocycles.